The van der Waals surface area contributed by atoms with Gasteiger partial charge in [0, 0.05) is 13.1 Å². The van der Waals surface area contributed by atoms with Crippen LogP contribution in [-0.4, -0.2) is 24.4 Å². The summed E-state index contributed by atoms with van der Waals surface area (Å²) in [6, 6.07) is 2.94. The lowest BCUT2D eigenvalue weighted by molar-refractivity contribution is -0.274. The van der Waals surface area contributed by atoms with E-state index in [9.17, 15) is 13.2 Å². The molecule has 3 nitrogen and oxygen atoms in total. The highest BCUT2D eigenvalue weighted by molar-refractivity contribution is 5.42. The van der Waals surface area contributed by atoms with Crippen LogP contribution in [0.3, 0.4) is 0 Å². The summed E-state index contributed by atoms with van der Waals surface area (Å²) >= 11 is 0. The monoisotopic (exact) mass is 286 g/mol. The fourth-order valence-electron chi connectivity index (χ4n) is 3.42. The molecule has 0 unspecified atom stereocenters. The molecule has 1 saturated carbocycles. The Labute approximate surface area is 115 Å². The summed E-state index contributed by atoms with van der Waals surface area (Å²) in [4.78, 5) is 6.27. The first-order valence-corrected chi connectivity index (χ1v) is 6.93. The molecule has 0 radical (unpaired) electrons. The van der Waals surface area contributed by atoms with E-state index in [4.69, 9.17) is 0 Å². The van der Waals surface area contributed by atoms with Crippen LogP contribution in [0.5, 0.6) is 5.75 Å². The molecular formula is C14H17F3N2O. The van der Waals surface area contributed by atoms with Crippen LogP contribution >= 0.6 is 0 Å². The van der Waals surface area contributed by atoms with Gasteiger partial charge in [0.1, 0.15) is 11.6 Å². The molecule has 1 aromatic rings. The van der Waals surface area contributed by atoms with Crippen molar-refractivity contribution < 1.29 is 17.9 Å². The number of nitrogens with zero attached hydrogens (tertiary/aromatic N) is 2. The van der Waals surface area contributed by atoms with Crippen molar-refractivity contribution in [3.8, 4) is 5.75 Å². The average Bonchev–Trinajstić information content (AvgIpc) is 3.00. The van der Waals surface area contributed by atoms with Crippen molar-refractivity contribution in [1.29, 1.82) is 0 Å². The van der Waals surface area contributed by atoms with Crippen molar-refractivity contribution in [2.24, 2.45) is 5.41 Å². The Morgan fingerprint density at radius 2 is 1.90 bits per heavy atom. The largest absolute Gasteiger partial charge is 0.573 e. The zero-order valence-electron chi connectivity index (χ0n) is 11.1. The smallest absolute Gasteiger partial charge is 0.404 e. The number of hydrogen-bond acceptors (Lipinski definition) is 3. The van der Waals surface area contributed by atoms with E-state index in [1.807, 2.05) is 0 Å². The maximum Gasteiger partial charge on any atom is 0.573 e. The molecule has 110 valence electrons. The van der Waals surface area contributed by atoms with Crippen LogP contribution in [0.25, 0.3) is 0 Å². The molecule has 1 aliphatic heterocycles. The van der Waals surface area contributed by atoms with E-state index in [2.05, 4.69) is 14.6 Å². The first-order chi connectivity index (χ1) is 9.46. The molecule has 1 spiro atoms. The molecule has 1 aromatic heterocycles. The number of rotatable bonds is 2. The Morgan fingerprint density at radius 1 is 1.15 bits per heavy atom. The van der Waals surface area contributed by atoms with Crippen molar-refractivity contribution >= 4 is 5.82 Å². The van der Waals surface area contributed by atoms with Gasteiger partial charge in [-0.25, -0.2) is 4.98 Å². The van der Waals surface area contributed by atoms with E-state index in [0.29, 0.717) is 5.41 Å². The van der Waals surface area contributed by atoms with Gasteiger partial charge in [-0.05, 0) is 36.8 Å². The Kier molecular flexibility index (Phi) is 3.26. The quantitative estimate of drug-likeness (QED) is 0.828. The lowest BCUT2D eigenvalue weighted by Crippen LogP contribution is -2.25. The summed E-state index contributed by atoms with van der Waals surface area (Å²) in [5.74, 6) is 0.472. The summed E-state index contributed by atoms with van der Waals surface area (Å²) in [5, 5.41) is 0. The highest BCUT2D eigenvalue weighted by Gasteiger charge is 2.40. The van der Waals surface area contributed by atoms with Crippen LogP contribution in [-0.2, 0) is 0 Å². The summed E-state index contributed by atoms with van der Waals surface area (Å²) in [6.45, 7) is 1.91. The van der Waals surface area contributed by atoms with Crippen molar-refractivity contribution in [3.05, 3.63) is 18.3 Å². The molecule has 2 heterocycles. The van der Waals surface area contributed by atoms with E-state index in [0.717, 1.165) is 31.5 Å². The van der Waals surface area contributed by atoms with Gasteiger partial charge in [-0.3, -0.25) is 0 Å². The Balaban J connectivity index is 1.66. The molecule has 1 aliphatic carbocycles. The molecule has 2 fully saturated rings. The minimum absolute atomic E-state index is 0.268. The first-order valence-electron chi connectivity index (χ1n) is 6.93. The second-order valence-corrected chi connectivity index (χ2v) is 5.78. The number of alkyl halides is 3. The normalized spacial score (nSPS) is 21.6. The summed E-state index contributed by atoms with van der Waals surface area (Å²) in [6.07, 6.45) is 2.75. The fourth-order valence-corrected chi connectivity index (χ4v) is 3.42. The predicted molar refractivity (Wildman–Crippen MR) is 68.7 cm³/mol. The lowest BCUT2D eigenvalue weighted by Gasteiger charge is -2.24. The highest BCUT2D eigenvalue weighted by atomic mass is 19.4. The van der Waals surface area contributed by atoms with Gasteiger partial charge < -0.3 is 9.64 Å². The van der Waals surface area contributed by atoms with Crippen LogP contribution in [0.2, 0.25) is 0 Å². The molecule has 2 aliphatic rings. The average molecular weight is 286 g/mol. The fraction of sp³-hybridized carbons (Fsp3) is 0.643. The predicted octanol–water partition coefficient (Wildman–Crippen LogP) is 3.75. The number of pyridine rings is 1. The van der Waals surface area contributed by atoms with Crippen molar-refractivity contribution in [3.63, 3.8) is 0 Å². The number of ether oxygens (including phenoxy) is 1. The third-order valence-electron chi connectivity index (χ3n) is 4.38. The van der Waals surface area contributed by atoms with Gasteiger partial charge in [-0.2, -0.15) is 0 Å². The van der Waals surface area contributed by atoms with Crippen LogP contribution in [0, 0.1) is 5.41 Å². The first kappa shape index (κ1) is 13.5. The second kappa shape index (κ2) is 4.82. The summed E-state index contributed by atoms with van der Waals surface area (Å²) in [7, 11) is 0. The maximum absolute atomic E-state index is 12.1. The second-order valence-electron chi connectivity index (χ2n) is 5.78. The Bertz CT molecular complexity index is 466. The van der Waals surface area contributed by atoms with Gasteiger partial charge in [-0.15, -0.1) is 13.2 Å². The van der Waals surface area contributed by atoms with E-state index < -0.39 is 6.36 Å². The molecule has 3 rings (SSSR count). The number of anilines is 1. The molecule has 0 N–H and O–H groups in total. The van der Waals surface area contributed by atoms with Gasteiger partial charge >= 0.3 is 6.36 Å². The Hall–Kier alpha value is -1.46. The standard InChI is InChI=1S/C14H17F3N2O/c15-14(16,17)20-11-3-4-12(18-9-11)19-8-7-13(10-19)5-1-2-6-13/h3-4,9H,1-2,5-8,10H2. The molecule has 1 saturated heterocycles. The van der Waals surface area contributed by atoms with Crippen LogP contribution < -0.4 is 9.64 Å². The lowest BCUT2D eigenvalue weighted by atomic mass is 9.86. The molecule has 0 amide bonds. The zero-order valence-corrected chi connectivity index (χ0v) is 11.1. The molecule has 20 heavy (non-hydrogen) atoms. The van der Waals surface area contributed by atoms with Gasteiger partial charge in [0.15, 0.2) is 0 Å². The van der Waals surface area contributed by atoms with Crippen molar-refractivity contribution in [1.82, 2.24) is 4.98 Å². The highest BCUT2D eigenvalue weighted by Crippen LogP contribution is 2.46. The number of hydrogen-bond donors (Lipinski definition) is 0. The van der Waals surface area contributed by atoms with E-state index in [1.54, 1.807) is 6.07 Å². The van der Waals surface area contributed by atoms with Crippen molar-refractivity contribution in [2.45, 2.75) is 38.5 Å². The number of aromatic nitrogens is 1. The SMILES string of the molecule is FC(F)(F)Oc1ccc(N2CCC3(CCCC3)C2)nc1. The van der Waals surface area contributed by atoms with E-state index in [-0.39, 0.29) is 5.75 Å². The minimum Gasteiger partial charge on any atom is -0.404 e. The Morgan fingerprint density at radius 3 is 2.50 bits per heavy atom. The van der Waals surface area contributed by atoms with Gasteiger partial charge in [0.05, 0.1) is 6.20 Å². The van der Waals surface area contributed by atoms with Crippen LogP contribution in [0.15, 0.2) is 18.3 Å². The third-order valence-corrected chi connectivity index (χ3v) is 4.38. The van der Waals surface area contributed by atoms with Gasteiger partial charge in [0.25, 0.3) is 0 Å². The van der Waals surface area contributed by atoms with E-state index in [1.165, 1.54) is 31.7 Å². The molecule has 0 bridgehead atoms. The van der Waals surface area contributed by atoms with Crippen LogP contribution in [0.4, 0.5) is 19.0 Å². The third kappa shape index (κ3) is 2.83. The van der Waals surface area contributed by atoms with Crippen LogP contribution in [0.1, 0.15) is 32.1 Å². The summed E-state index contributed by atoms with van der Waals surface area (Å²) in [5.41, 5.74) is 0.419. The number of halogens is 3. The maximum atomic E-state index is 12.1. The topological polar surface area (TPSA) is 25.4 Å². The van der Waals surface area contributed by atoms with Crippen molar-refractivity contribution in [2.75, 3.05) is 18.0 Å². The molecule has 0 atom stereocenters. The van der Waals surface area contributed by atoms with Gasteiger partial charge in [0.2, 0.25) is 0 Å². The van der Waals surface area contributed by atoms with E-state index >= 15 is 0 Å². The zero-order chi connectivity index (χ0) is 14.2. The van der Waals surface area contributed by atoms with Gasteiger partial charge in [-0.1, -0.05) is 12.8 Å². The molecule has 6 heteroatoms. The summed E-state index contributed by atoms with van der Waals surface area (Å²) < 4.78 is 40.1. The minimum atomic E-state index is -4.66. The molecular weight excluding hydrogens is 269 g/mol. The molecule has 0 aromatic carbocycles.